The highest BCUT2D eigenvalue weighted by Crippen LogP contribution is 2.27. The fourth-order valence-corrected chi connectivity index (χ4v) is 3.42. The summed E-state index contributed by atoms with van der Waals surface area (Å²) in [6.07, 6.45) is 2.39. The first kappa shape index (κ1) is 15.4. The van der Waals surface area contributed by atoms with Gasteiger partial charge in [0.2, 0.25) is 0 Å². The van der Waals surface area contributed by atoms with E-state index in [1.807, 2.05) is 11.9 Å². The second-order valence-corrected chi connectivity index (χ2v) is 7.35. The van der Waals surface area contributed by atoms with E-state index in [4.69, 9.17) is 0 Å². The molecule has 2 heterocycles. The molecular formula is C14H24N4OS. The van der Waals surface area contributed by atoms with Gasteiger partial charge in [0.15, 0.2) is 0 Å². The van der Waals surface area contributed by atoms with Crippen molar-refractivity contribution in [2.45, 2.75) is 39.0 Å². The van der Waals surface area contributed by atoms with Gasteiger partial charge in [-0.2, -0.15) is 0 Å². The van der Waals surface area contributed by atoms with Gasteiger partial charge in [0.1, 0.15) is 4.88 Å². The number of carbonyl (C=O) groups excluding carboxylic acids is 1. The Balaban J connectivity index is 2.05. The molecule has 0 radical (unpaired) electrons. The molecule has 20 heavy (non-hydrogen) atoms. The Morgan fingerprint density at radius 1 is 1.50 bits per heavy atom. The van der Waals surface area contributed by atoms with E-state index in [2.05, 4.69) is 35.7 Å². The molecular weight excluding hydrogens is 272 g/mol. The molecule has 0 bridgehead atoms. The van der Waals surface area contributed by atoms with Crippen LogP contribution in [0.2, 0.25) is 0 Å². The highest BCUT2D eigenvalue weighted by atomic mass is 32.1. The van der Waals surface area contributed by atoms with Crippen LogP contribution in [-0.4, -0.2) is 47.1 Å². The first-order valence-electron chi connectivity index (χ1n) is 7.18. The number of hydrogen-bond acceptors (Lipinski definition) is 5. The van der Waals surface area contributed by atoms with Gasteiger partial charge >= 0.3 is 0 Å². The Kier molecular flexibility index (Phi) is 4.75. The van der Waals surface area contributed by atoms with Crippen molar-refractivity contribution in [1.29, 1.82) is 0 Å². The number of hydrogen-bond donors (Lipinski definition) is 1. The molecule has 2 rings (SSSR count). The summed E-state index contributed by atoms with van der Waals surface area (Å²) in [6.45, 7) is 9.09. The van der Waals surface area contributed by atoms with Crippen molar-refractivity contribution in [2.75, 3.05) is 26.7 Å². The van der Waals surface area contributed by atoms with Crippen LogP contribution in [0.1, 0.15) is 49.0 Å². The third-order valence-corrected chi connectivity index (χ3v) is 4.38. The van der Waals surface area contributed by atoms with Gasteiger partial charge < -0.3 is 10.2 Å². The molecule has 0 aromatic carbocycles. The van der Waals surface area contributed by atoms with E-state index in [0.717, 1.165) is 25.3 Å². The third-order valence-electron chi connectivity index (χ3n) is 3.67. The minimum Gasteiger partial charge on any atom is -0.341 e. The summed E-state index contributed by atoms with van der Waals surface area (Å²) >= 11 is 1.21. The zero-order chi connectivity index (χ0) is 14.8. The molecule has 6 heteroatoms. The molecule has 1 fully saturated rings. The highest BCUT2D eigenvalue weighted by Gasteiger charge is 2.28. The van der Waals surface area contributed by atoms with E-state index < -0.39 is 0 Å². The minimum atomic E-state index is -0.148. The topological polar surface area (TPSA) is 58.1 Å². The van der Waals surface area contributed by atoms with Crippen LogP contribution >= 0.6 is 11.5 Å². The molecule has 1 aliphatic rings. The van der Waals surface area contributed by atoms with Crippen LogP contribution in [0.3, 0.4) is 0 Å². The van der Waals surface area contributed by atoms with Gasteiger partial charge in [-0.15, -0.1) is 5.10 Å². The number of amides is 1. The second-order valence-electron chi connectivity index (χ2n) is 6.60. The zero-order valence-electron chi connectivity index (χ0n) is 12.8. The lowest BCUT2D eigenvalue weighted by Gasteiger charge is -2.28. The first-order chi connectivity index (χ1) is 9.39. The van der Waals surface area contributed by atoms with Crippen LogP contribution in [0.5, 0.6) is 0 Å². The molecule has 1 amide bonds. The fourth-order valence-electron chi connectivity index (χ4n) is 2.55. The molecule has 1 atom stereocenters. The summed E-state index contributed by atoms with van der Waals surface area (Å²) in [5.41, 5.74) is 0.659. The Bertz CT molecular complexity index is 460. The first-order valence-corrected chi connectivity index (χ1v) is 7.96. The van der Waals surface area contributed by atoms with Crippen molar-refractivity contribution in [2.24, 2.45) is 5.92 Å². The molecule has 1 aliphatic heterocycles. The van der Waals surface area contributed by atoms with E-state index >= 15 is 0 Å². The summed E-state index contributed by atoms with van der Waals surface area (Å²) in [7, 11) is 1.88. The van der Waals surface area contributed by atoms with E-state index in [1.54, 1.807) is 0 Å². The molecule has 112 valence electrons. The van der Waals surface area contributed by atoms with E-state index in [-0.39, 0.29) is 11.3 Å². The van der Waals surface area contributed by atoms with Gasteiger partial charge in [0.05, 0.1) is 5.69 Å². The minimum absolute atomic E-state index is 0.0514. The van der Waals surface area contributed by atoms with Crippen molar-refractivity contribution >= 4 is 17.4 Å². The lowest BCUT2D eigenvalue weighted by atomic mass is 9.91. The third kappa shape index (κ3) is 3.55. The number of carbonyl (C=O) groups is 1. The summed E-state index contributed by atoms with van der Waals surface area (Å²) < 4.78 is 3.97. The maximum absolute atomic E-state index is 12.6. The normalized spacial score (nSPS) is 19.9. The molecule has 1 aromatic heterocycles. The fraction of sp³-hybridized carbons (Fsp3) is 0.786. The monoisotopic (exact) mass is 296 g/mol. The smallest absolute Gasteiger partial charge is 0.267 e. The number of aromatic nitrogens is 2. The van der Waals surface area contributed by atoms with Crippen molar-refractivity contribution in [3.05, 3.63) is 10.6 Å². The predicted molar refractivity (Wildman–Crippen MR) is 81.2 cm³/mol. The number of piperidine rings is 1. The quantitative estimate of drug-likeness (QED) is 0.925. The lowest BCUT2D eigenvalue weighted by Crippen LogP contribution is -2.39. The Labute approximate surface area is 124 Å². The molecule has 1 saturated heterocycles. The van der Waals surface area contributed by atoms with Crippen LogP contribution in [0, 0.1) is 5.92 Å². The molecule has 0 spiro atoms. The number of nitrogens with one attached hydrogen (secondary N) is 1. The Morgan fingerprint density at radius 3 is 2.85 bits per heavy atom. The Hall–Kier alpha value is -1.01. The van der Waals surface area contributed by atoms with E-state index in [0.29, 0.717) is 10.8 Å². The van der Waals surface area contributed by atoms with Crippen molar-refractivity contribution in [3.63, 3.8) is 0 Å². The summed E-state index contributed by atoms with van der Waals surface area (Å²) in [4.78, 5) is 15.1. The van der Waals surface area contributed by atoms with Crippen LogP contribution < -0.4 is 5.32 Å². The summed E-state index contributed by atoms with van der Waals surface area (Å²) in [6, 6.07) is 0. The van der Waals surface area contributed by atoms with Crippen LogP contribution in [-0.2, 0) is 5.41 Å². The molecule has 1 N–H and O–H groups in total. The van der Waals surface area contributed by atoms with E-state index in [1.165, 1.54) is 24.4 Å². The highest BCUT2D eigenvalue weighted by molar-refractivity contribution is 7.08. The van der Waals surface area contributed by atoms with Gasteiger partial charge in [-0.1, -0.05) is 25.3 Å². The molecule has 0 aliphatic carbocycles. The summed E-state index contributed by atoms with van der Waals surface area (Å²) in [5, 5.41) is 7.54. The number of nitrogens with zero attached hydrogens (tertiary/aromatic N) is 3. The maximum Gasteiger partial charge on any atom is 0.267 e. The van der Waals surface area contributed by atoms with Gasteiger partial charge in [-0.05, 0) is 43.4 Å². The van der Waals surface area contributed by atoms with Gasteiger partial charge in [0.25, 0.3) is 5.91 Å². The molecule has 5 nitrogen and oxygen atoms in total. The molecule has 0 saturated carbocycles. The predicted octanol–water partition coefficient (Wildman–Crippen LogP) is 1.91. The van der Waals surface area contributed by atoms with Crippen molar-refractivity contribution in [3.8, 4) is 0 Å². The standard InChI is InChI=1S/C14H24N4OS/c1-14(2,3)12-11(20-17-16-12)13(19)18(4)9-10-6-5-7-15-8-10/h10,15H,5-9H2,1-4H3. The SMILES string of the molecule is CN(CC1CCCNC1)C(=O)c1snnc1C(C)(C)C. The molecule has 1 aromatic rings. The van der Waals surface area contributed by atoms with E-state index in [9.17, 15) is 4.79 Å². The maximum atomic E-state index is 12.6. The van der Waals surface area contributed by atoms with Gasteiger partial charge in [0, 0.05) is 19.0 Å². The van der Waals surface area contributed by atoms with Crippen molar-refractivity contribution < 1.29 is 4.79 Å². The number of rotatable bonds is 3. The average Bonchev–Trinajstić information content (AvgIpc) is 2.88. The van der Waals surface area contributed by atoms with Crippen molar-refractivity contribution in [1.82, 2.24) is 19.8 Å². The van der Waals surface area contributed by atoms with Gasteiger partial charge in [-0.25, -0.2) is 0 Å². The summed E-state index contributed by atoms with van der Waals surface area (Å²) in [5.74, 6) is 0.604. The molecule has 1 unspecified atom stereocenters. The second kappa shape index (κ2) is 6.18. The Morgan fingerprint density at radius 2 is 2.25 bits per heavy atom. The van der Waals surface area contributed by atoms with Crippen LogP contribution in [0.4, 0.5) is 0 Å². The lowest BCUT2D eigenvalue weighted by molar-refractivity contribution is 0.0767. The van der Waals surface area contributed by atoms with Crippen LogP contribution in [0.15, 0.2) is 0 Å². The average molecular weight is 296 g/mol. The van der Waals surface area contributed by atoms with Gasteiger partial charge in [-0.3, -0.25) is 4.79 Å². The zero-order valence-corrected chi connectivity index (χ0v) is 13.6. The van der Waals surface area contributed by atoms with Crippen LogP contribution in [0.25, 0.3) is 0 Å². The largest absolute Gasteiger partial charge is 0.341 e.